The highest BCUT2D eigenvalue weighted by Gasteiger charge is 2.15. The summed E-state index contributed by atoms with van der Waals surface area (Å²) in [4.78, 5) is 0. The second-order valence-corrected chi connectivity index (χ2v) is 4.81. The number of halogens is 1. The molecule has 0 aliphatic heterocycles. The molecule has 0 bridgehead atoms. The van der Waals surface area contributed by atoms with Crippen LogP contribution in [0.1, 0.15) is 6.92 Å². The maximum Gasteiger partial charge on any atom is 0.0185 e. The monoisotopic (exact) mass is 272 g/mol. The van der Waals surface area contributed by atoms with Gasteiger partial charge in [0.05, 0.1) is 0 Å². The standard InChI is InChI=1S/C11H13I/c1-3-6-10-7-4-5-8-11(10)9(2)12/h3-9,11H,1H2,2H3/b10-6-. The van der Waals surface area contributed by atoms with Crippen LogP contribution in [0.4, 0.5) is 0 Å². The van der Waals surface area contributed by atoms with E-state index < -0.39 is 0 Å². The minimum Gasteiger partial charge on any atom is -0.0991 e. The van der Waals surface area contributed by atoms with E-state index in [1.54, 1.807) is 0 Å². The molecule has 1 aliphatic rings. The van der Waals surface area contributed by atoms with Crippen LogP contribution in [0, 0.1) is 5.92 Å². The van der Waals surface area contributed by atoms with Crippen LogP contribution in [-0.2, 0) is 0 Å². The van der Waals surface area contributed by atoms with Crippen molar-refractivity contribution in [3.63, 3.8) is 0 Å². The number of alkyl halides is 1. The van der Waals surface area contributed by atoms with Gasteiger partial charge < -0.3 is 0 Å². The summed E-state index contributed by atoms with van der Waals surface area (Å²) in [7, 11) is 0. The van der Waals surface area contributed by atoms with E-state index in [-0.39, 0.29) is 0 Å². The van der Waals surface area contributed by atoms with Crippen molar-refractivity contribution in [2.75, 3.05) is 0 Å². The summed E-state index contributed by atoms with van der Waals surface area (Å²) >= 11 is 2.46. The second-order valence-electron chi connectivity index (χ2n) is 2.85. The average Bonchev–Trinajstić information content (AvgIpc) is 2.05. The minimum atomic E-state index is 0.550. The minimum absolute atomic E-state index is 0.550. The maximum absolute atomic E-state index is 3.71. The van der Waals surface area contributed by atoms with Crippen molar-refractivity contribution in [2.45, 2.75) is 10.8 Å². The summed E-state index contributed by atoms with van der Waals surface area (Å²) in [5.41, 5.74) is 1.36. The Balaban J connectivity index is 2.84. The SMILES string of the molecule is C=C/C=C1/C=CC=CC1C(C)I. The van der Waals surface area contributed by atoms with Gasteiger partial charge in [-0.2, -0.15) is 0 Å². The zero-order valence-electron chi connectivity index (χ0n) is 7.20. The molecule has 0 aromatic rings. The molecule has 0 N–H and O–H groups in total. The van der Waals surface area contributed by atoms with Gasteiger partial charge in [-0.15, -0.1) is 0 Å². The molecule has 0 spiro atoms. The number of hydrogen-bond acceptors (Lipinski definition) is 0. The Morgan fingerprint density at radius 1 is 1.58 bits per heavy atom. The summed E-state index contributed by atoms with van der Waals surface area (Å²) < 4.78 is 0.634. The molecule has 0 fully saturated rings. The Kier molecular flexibility index (Phi) is 3.79. The molecular formula is C11H13I. The lowest BCUT2D eigenvalue weighted by atomic mass is 9.92. The topological polar surface area (TPSA) is 0 Å². The zero-order valence-corrected chi connectivity index (χ0v) is 9.36. The van der Waals surface area contributed by atoms with Crippen molar-refractivity contribution < 1.29 is 0 Å². The largest absolute Gasteiger partial charge is 0.0991 e. The van der Waals surface area contributed by atoms with Gasteiger partial charge in [0.25, 0.3) is 0 Å². The van der Waals surface area contributed by atoms with Gasteiger partial charge in [0.15, 0.2) is 0 Å². The molecule has 0 aromatic heterocycles. The summed E-state index contributed by atoms with van der Waals surface area (Å²) in [5, 5.41) is 0. The summed E-state index contributed by atoms with van der Waals surface area (Å²) in [6.45, 7) is 5.94. The first-order valence-corrected chi connectivity index (χ1v) is 5.32. The quantitative estimate of drug-likeness (QED) is 0.531. The van der Waals surface area contributed by atoms with Crippen molar-refractivity contribution >= 4 is 22.6 Å². The fourth-order valence-corrected chi connectivity index (χ4v) is 1.95. The van der Waals surface area contributed by atoms with E-state index in [9.17, 15) is 0 Å². The molecule has 2 atom stereocenters. The molecule has 1 heteroatoms. The van der Waals surface area contributed by atoms with Gasteiger partial charge in [-0.25, -0.2) is 0 Å². The Hall–Kier alpha value is -0.310. The van der Waals surface area contributed by atoms with Gasteiger partial charge in [-0.1, -0.05) is 72.5 Å². The molecule has 2 unspecified atom stereocenters. The van der Waals surface area contributed by atoms with E-state index in [0.29, 0.717) is 9.84 Å². The Morgan fingerprint density at radius 2 is 2.33 bits per heavy atom. The first-order valence-electron chi connectivity index (χ1n) is 4.07. The van der Waals surface area contributed by atoms with E-state index in [2.05, 4.69) is 66.5 Å². The van der Waals surface area contributed by atoms with E-state index in [0.717, 1.165) is 0 Å². The van der Waals surface area contributed by atoms with Crippen LogP contribution in [0.5, 0.6) is 0 Å². The molecule has 0 saturated heterocycles. The fourth-order valence-electron chi connectivity index (χ4n) is 1.29. The van der Waals surface area contributed by atoms with Gasteiger partial charge in [0.1, 0.15) is 0 Å². The predicted molar refractivity (Wildman–Crippen MR) is 63.5 cm³/mol. The first-order chi connectivity index (χ1) is 5.75. The maximum atomic E-state index is 3.71. The van der Waals surface area contributed by atoms with Crippen LogP contribution in [0.3, 0.4) is 0 Å². The van der Waals surface area contributed by atoms with Gasteiger partial charge in [-0.05, 0) is 5.57 Å². The van der Waals surface area contributed by atoms with Gasteiger partial charge in [0, 0.05) is 9.84 Å². The molecule has 0 saturated carbocycles. The Labute approximate surface area is 87.9 Å². The molecule has 0 aromatic carbocycles. The predicted octanol–water partition coefficient (Wildman–Crippen LogP) is 3.66. The number of hydrogen-bond donors (Lipinski definition) is 0. The molecular weight excluding hydrogens is 259 g/mol. The number of allylic oxidation sites excluding steroid dienone is 7. The van der Waals surface area contributed by atoms with Crippen LogP contribution in [-0.4, -0.2) is 3.92 Å². The molecule has 64 valence electrons. The lowest BCUT2D eigenvalue weighted by Crippen LogP contribution is -2.11. The third-order valence-corrected chi connectivity index (χ3v) is 2.68. The van der Waals surface area contributed by atoms with Crippen LogP contribution < -0.4 is 0 Å². The molecule has 0 amide bonds. The highest BCUT2D eigenvalue weighted by atomic mass is 127. The zero-order chi connectivity index (χ0) is 8.97. The Bertz CT molecular complexity index is 244. The third-order valence-electron chi connectivity index (χ3n) is 1.91. The van der Waals surface area contributed by atoms with Crippen molar-refractivity contribution in [1.82, 2.24) is 0 Å². The van der Waals surface area contributed by atoms with Crippen LogP contribution in [0.2, 0.25) is 0 Å². The normalized spacial score (nSPS) is 27.5. The first kappa shape index (κ1) is 9.78. The summed E-state index contributed by atoms with van der Waals surface area (Å²) in [5.74, 6) is 0.550. The molecule has 1 rings (SSSR count). The van der Waals surface area contributed by atoms with E-state index >= 15 is 0 Å². The molecule has 0 heterocycles. The fraction of sp³-hybridized carbons (Fsp3) is 0.273. The molecule has 0 nitrogen and oxygen atoms in total. The van der Waals surface area contributed by atoms with Crippen molar-refractivity contribution in [3.05, 3.63) is 48.6 Å². The van der Waals surface area contributed by atoms with Crippen molar-refractivity contribution in [2.24, 2.45) is 5.92 Å². The molecule has 0 radical (unpaired) electrons. The van der Waals surface area contributed by atoms with Crippen LogP contribution in [0.15, 0.2) is 48.6 Å². The highest BCUT2D eigenvalue weighted by molar-refractivity contribution is 14.1. The van der Waals surface area contributed by atoms with Crippen molar-refractivity contribution in [3.8, 4) is 0 Å². The number of rotatable bonds is 2. The smallest absolute Gasteiger partial charge is 0.0185 e. The van der Waals surface area contributed by atoms with Gasteiger partial charge >= 0.3 is 0 Å². The van der Waals surface area contributed by atoms with Gasteiger partial charge in [0.2, 0.25) is 0 Å². The van der Waals surface area contributed by atoms with Gasteiger partial charge in [-0.3, -0.25) is 0 Å². The lowest BCUT2D eigenvalue weighted by molar-refractivity contribution is 0.782. The second kappa shape index (κ2) is 4.65. The van der Waals surface area contributed by atoms with Crippen LogP contribution in [0.25, 0.3) is 0 Å². The third kappa shape index (κ3) is 2.34. The Morgan fingerprint density at radius 3 is 2.92 bits per heavy atom. The van der Waals surface area contributed by atoms with E-state index in [4.69, 9.17) is 0 Å². The van der Waals surface area contributed by atoms with Crippen molar-refractivity contribution in [1.29, 1.82) is 0 Å². The van der Waals surface area contributed by atoms with E-state index in [1.807, 2.05) is 6.08 Å². The summed E-state index contributed by atoms with van der Waals surface area (Å²) in [6.07, 6.45) is 12.5. The van der Waals surface area contributed by atoms with Crippen LogP contribution >= 0.6 is 22.6 Å². The lowest BCUT2D eigenvalue weighted by Gasteiger charge is -2.18. The average molecular weight is 272 g/mol. The molecule has 12 heavy (non-hydrogen) atoms. The molecule has 1 aliphatic carbocycles. The van der Waals surface area contributed by atoms with E-state index in [1.165, 1.54) is 5.57 Å². The summed E-state index contributed by atoms with van der Waals surface area (Å²) in [6, 6.07) is 0. The highest BCUT2D eigenvalue weighted by Crippen LogP contribution is 2.26.